The van der Waals surface area contributed by atoms with E-state index in [1.165, 1.54) is 22.8 Å². The van der Waals surface area contributed by atoms with E-state index in [9.17, 15) is 19.1 Å². The number of hydrogen-bond acceptors (Lipinski definition) is 9. The number of amides is 1. The average molecular weight is 638 g/mol. The number of nitrogens with two attached hydrogens (primary N) is 1. The molecule has 0 aliphatic carbocycles. The highest BCUT2D eigenvalue weighted by molar-refractivity contribution is 7.99. The summed E-state index contributed by atoms with van der Waals surface area (Å²) in [5.41, 5.74) is 5.87. The first-order valence-electron chi connectivity index (χ1n) is 14.9. The van der Waals surface area contributed by atoms with Crippen LogP contribution < -0.4 is 16.3 Å². The number of halogens is 2. The zero-order chi connectivity index (χ0) is 32.4. The number of benzene rings is 1. The van der Waals surface area contributed by atoms with Crippen molar-refractivity contribution in [2.45, 2.75) is 46.1 Å². The molecule has 1 amide bonds. The number of piperazine rings is 1. The topological polar surface area (TPSA) is 130 Å². The van der Waals surface area contributed by atoms with Gasteiger partial charge in [-0.1, -0.05) is 19.9 Å². The number of carbonyl (C=O) groups excluding carboxylic acids is 1. The van der Waals surface area contributed by atoms with E-state index in [-0.39, 0.29) is 34.7 Å². The van der Waals surface area contributed by atoms with Crippen LogP contribution in [-0.4, -0.2) is 79.2 Å². The summed E-state index contributed by atoms with van der Waals surface area (Å²) in [5, 5.41) is 10.7. The number of aromatic nitrogens is 4. The summed E-state index contributed by atoms with van der Waals surface area (Å²) in [7, 11) is 0. The normalized spacial score (nSPS) is 15.3. The molecule has 4 aromatic rings. The molecule has 1 fully saturated rings. The van der Waals surface area contributed by atoms with E-state index < -0.39 is 34.3 Å². The van der Waals surface area contributed by atoms with Gasteiger partial charge in [0.15, 0.2) is 11.5 Å². The summed E-state index contributed by atoms with van der Waals surface area (Å²) in [6.45, 7) is 9.33. The van der Waals surface area contributed by atoms with Crippen LogP contribution in [0.5, 0.6) is 5.75 Å². The molecule has 1 saturated heterocycles. The molecule has 45 heavy (non-hydrogen) atoms. The largest absolute Gasteiger partial charge is 0.507 e. The first-order valence-corrected chi connectivity index (χ1v) is 16.1. The van der Waals surface area contributed by atoms with Gasteiger partial charge >= 0.3 is 5.69 Å². The van der Waals surface area contributed by atoms with Crippen molar-refractivity contribution >= 4 is 34.5 Å². The Morgan fingerprint density at radius 1 is 1.16 bits per heavy atom. The number of rotatable bonds is 9. The SMILES string of the molecule is Cc1ccnc(C(C)C)c1-n1c(=O)nc(N2CCN(C(=O)CCSCCN)C[C@@H]2C)c2cc(F)c(-c3c(O)cccc3F)nc21. The number of aromatic hydroxyl groups is 1. The summed E-state index contributed by atoms with van der Waals surface area (Å²) in [5.74, 6) is -0.591. The molecule has 10 nitrogen and oxygen atoms in total. The molecule has 1 aliphatic heterocycles. The highest BCUT2D eigenvalue weighted by Crippen LogP contribution is 2.36. The maximum absolute atomic E-state index is 15.9. The van der Waals surface area contributed by atoms with Gasteiger partial charge in [-0.15, -0.1) is 0 Å². The van der Waals surface area contributed by atoms with Gasteiger partial charge < -0.3 is 20.6 Å². The van der Waals surface area contributed by atoms with E-state index in [0.29, 0.717) is 49.7 Å². The van der Waals surface area contributed by atoms with Gasteiger partial charge in [0.1, 0.15) is 23.1 Å². The maximum Gasteiger partial charge on any atom is 0.355 e. The summed E-state index contributed by atoms with van der Waals surface area (Å²) >= 11 is 1.64. The average Bonchev–Trinajstić information content (AvgIpc) is 2.99. The minimum Gasteiger partial charge on any atom is -0.507 e. The number of pyridine rings is 2. The number of anilines is 1. The van der Waals surface area contributed by atoms with Gasteiger partial charge in [-0.2, -0.15) is 16.7 Å². The minimum atomic E-state index is -0.889. The van der Waals surface area contributed by atoms with Crippen molar-refractivity contribution in [1.82, 2.24) is 24.4 Å². The maximum atomic E-state index is 15.9. The molecule has 13 heteroatoms. The van der Waals surface area contributed by atoms with Gasteiger partial charge in [0, 0.05) is 56.3 Å². The van der Waals surface area contributed by atoms with Crippen LogP contribution in [0.1, 0.15) is 44.4 Å². The number of phenols is 1. The molecule has 0 spiro atoms. The van der Waals surface area contributed by atoms with Gasteiger partial charge in [-0.3, -0.25) is 9.78 Å². The number of aryl methyl sites for hydroxylation is 1. The minimum absolute atomic E-state index is 0.0366. The number of phenolic OH excluding ortho intramolecular Hbond substituents is 1. The van der Waals surface area contributed by atoms with Crippen LogP contribution in [-0.2, 0) is 4.79 Å². The molecule has 0 saturated carbocycles. The second-order valence-electron chi connectivity index (χ2n) is 11.4. The number of carbonyl (C=O) groups is 1. The third-order valence-electron chi connectivity index (χ3n) is 7.93. The van der Waals surface area contributed by atoms with Crippen LogP contribution in [0, 0.1) is 18.6 Å². The van der Waals surface area contributed by atoms with Crippen LogP contribution in [0.25, 0.3) is 28.0 Å². The fraction of sp³-hybridized carbons (Fsp3) is 0.406. The van der Waals surface area contributed by atoms with Gasteiger partial charge in [-0.05, 0) is 49.6 Å². The van der Waals surface area contributed by atoms with Crippen molar-refractivity contribution in [3.63, 3.8) is 0 Å². The Balaban J connectivity index is 1.67. The smallest absolute Gasteiger partial charge is 0.355 e. The molecule has 1 aromatic carbocycles. The van der Waals surface area contributed by atoms with Gasteiger partial charge in [0.05, 0.1) is 22.3 Å². The molecule has 3 aromatic heterocycles. The molecule has 4 heterocycles. The highest BCUT2D eigenvalue weighted by atomic mass is 32.2. The zero-order valence-electron chi connectivity index (χ0n) is 25.8. The Hall–Kier alpha value is -4.10. The summed E-state index contributed by atoms with van der Waals surface area (Å²) in [6.07, 6.45) is 2.05. The Bertz CT molecular complexity index is 1780. The molecule has 1 atom stereocenters. The monoisotopic (exact) mass is 637 g/mol. The van der Waals surface area contributed by atoms with Crippen molar-refractivity contribution < 1.29 is 18.7 Å². The van der Waals surface area contributed by atoms with Crippen molar-refractivity contribution in [2.75, 3.05) is 42.6 Å². The summed E-state index contributed by atoms with van der Waals surface area (Å²) in [6, 6.07) is 6.34. The van der Waals surface area contributed by atoms with Gasteiger partial charge in [-0.25, -0.2) is 23.1 Å². The van der Waals surface area contributed by atoms with E-state index >= 15 is 4.39 Å². The predicted octanol–water partition coefficient (Wildman–Crippen LogP) is 4.38. The Morgan fingerprint density at radius 2 is 1.93 bits per heavy atom. The van der Waals surface area contributed by atoms with E-state index in [2.05, 4.69) is 15.0 Å². The number of thioether (sulfide) groups is 1. The fourth-order valence-corrected chi connectivity index (χ4v) is 6.42. The number of nitrogens with zero attached hydrogens (tertiary/aromatic N) is 6. The molecule has 3 N–H and O–H groups in total. The first-order chi connectivity index (χ1) is 21.5. The molecule has 5 rings (SSSR count). The molecular formula is C32H37F2N7O3S. The summed E-state index contributed by atoms with van der Waals surface area (Å²) < 4.78 is 32.2. The van der Waals surface area contributed by atoms with Gasteiger partial charge in [0.25, 0.3) is 0 Å². The standard InChI is InChI=1S/C32H37F2N7O3S/c1-18(2)27-29(19(3)8-11-36-27)41-31-21(16-23(34)28(37-31)26-22(33)6-5-7-24(26)42)30(38-32(41)44)40-13-12-39(17-20(40)4)25(43)9-14-45-15-10-35/h5-8,11,16,18,20,42H,9-10,12-15,17,35H2,1-4H3/t20-/m0/s1. The fourth-order valence-electron chi connectivity index (χ4n) is 5.74. The molecule has 0 radical (unpaired) electrons. The lowest BCUT2D eigenvalue weighted by molar-refractivity contribution is -0.131. The number of hydrogen-bond donors (Lipinski definition) is 2. The Kier molecular flexibility index (Phi) is 9.68. The molecular weight excluding hydrogens is 600 g/mol. The lowest BCUT2D eigenvalue weighted by atomic mass is 10.0. The molecule has 0 bridgehead atoms. The lowest BCUT2D eigenvalue weighted by Gasteiger charge is -2.41. The van der Waals surface area contributed by atoms with Crippen LogP contribution in [0.4, 0.5) is 14.6 Å². The van der Waals surface area contributed by atoms with Crippen LogP contribution in [0.2, 0.25) is 0 Å². The lowest BCUT2D eigenvalue weighted by Crippen LogP contribution is -2.54. The van der Waals surface area contributed by atoms with Gasteiger partial charge in [0.2, 0.25) is 5.91 Å². The third-order valence-corrected chi connectivity index (χ3v) is 8.95. The number of fused-ring (bicyclic) bond motifs is 1. The predicted molar refractivity (Wildman–Crippen MR) is 173 cm³/mol. The molecule has 0 unspecified atom stereocenters. The van der Waals surface area contributed by atoms with E-state index in [1.54, 1.807) is 28.9 Å². The quantitative estimate of drug-likeness (QED) is 0.257. The van der Waals surface area contributed by atoms with Crippen molar-refractivity contribution in [3.8, 4) is 22.7 Å². The third kappa shape index (κ3) is 6.36. The van der Waals surface area contributed by atoms with E-state index in [0.717, 1.165) is 17.4 Å². The van der Waals surface area contributed by atoms with Crippen LogP contribution in [0.15, 0.2) is 41.3 Å². The zero-order valence-corrected chi connectivity index (χ0v) is 26.6. The van der Waals surface area contributed by atoms with Crippen molar-refractivity contribution in [3.05, 3.63) is 69.9 Å². The van der Waals surface area contributed by atoms with Crippen molar-refractivity contribution in [1.29, 1.82) is 0 Å². The first kappa shape index (κ1) is 32.3. The summed E-state index contributed by atoms with van der Waals surface area (Å²) in [4.78, 5) is 44.1. The van der Waals surface area contributed by atoms with E-state index in [1.807, 2.05) is 32.6 Å². The molecule has 238 valence electrons. The van der Waals surface area contributed by atoms with Crippen molar-refractivity contribution in [2.24, 2.45) is 5.73 Å². The Labute approximate surface area is 264 Å². The van der Waals surface area contributed by atoms with E-state index in [4.69, 9.17) is 5.73 Å². The van der Waals surface area contributed by atoms with Crippen LogP contribution >= 0.6 is 11.8 Å². The second kappa shape index (κ2) is 13.5. The van der Waals surface area contributed by atoms with Crippen LogP contribution in [0.3, 0.4) is 0 Å². The molecule has 1 aliphatic rings. The second-order valence-corrected chi connectivity index (χ2v) is 12.7. The highest BCUT2D eigenvalue weighted by Gasteiger charge is 2.31. The Morgan fingerprint density at radius 3 is 2.62 bits per heavy atom.